The number of aliphatic hydroxyl groups excluding tert-OH is 1. The lowest BCUT2D eigenvalue weighted by Gasteiger charge is -2.37. The Hall–Kier alpha value is -0.810. The van der Waals surface area contributed by atoms with Crippen molar-refractivity contribution in [1.82, 2.24) is 0 Å². The molecule has 4 nitrogen and oxygen atoms in total. The summed E-state index contributed by atoms with van der Waals surface area (Å²) in [7, 11) is 0. The van der Waals surface area contributed by atoms with Crippen molar-refractivity contribution in [2.75, 3.05) is 31.3 Å². The summed E-state index contributed by atoms with van der Waals surface area (Å²) in [4.78, 5) is 2.12. The van der Waals surface area contributed by atoms with Crippen molar-refractivity contribution in [3.8, 4) is 0 Å². The standard InChI is InChI=1S/C12H17ClN2O2/c13-10-2-1-9(6-14)12(5-10)15-3-4-17-8-11(15)7-16/h1-2,5,11,16H,3-4,6-8,14H2. The molecule has 94 valence electrons. The van der Waals surface area contributed by atoms with Crippen molar-refractivity contribution in [3.05, 3.63) is 28.8 Å². The molecular formula is C12H17ClN2O2. The Morgan fingerprint density at radius 1 is 1.53 bits per heavy atom. The SMILES string of the molecule is NCc1ccc(Cl)cc1N1CCOCC1CO. The van der Waals surface area contributed by atoms with E-state index in [0.717, 1.165) is 17.8 Å². The molecule has 1 atom stereocenters. The van der Waals surface area contributed by atoms with Crippen LogP contribution >= 0.6 is 11.6 Å². The first-order valence-corrected chi connectivity index (χ1v) is 6.07. The van der Waals surface area contributed by atoms with Gasteiger partial charge in [0.05, 0.1) is 25.9 Å². The fourth-order valence-electron chi connectivity index (χ4n) is 2.10. The lowest BCUT2D eigenvalue weighted by atomic mass is 10.1. The third-order valence-electron chi connectivity index (χ3n) is 3.01. The summed E-state index contributed by atoms with van der Waals surface area (Å²) in [6.45, 7) is 2.47. The fraction of sp³-hybridized carbons (Fsp3) is 0.500. The molecule has 1 aromatic rings. The first kappa shape index (κ1) is 12.6. The first-order chi connectivity index (χ1) is 8.26. The number of hydrogen-bond acceptors (Lipinski definition) is 4. The third-order valence-corrected chi connectivity index (χ3v) is 3.25. The number of aliphatic hydroxyl groups is 1. The van der Waals surface area contributed by atoms with Gasteiger partial charge in [-0.2, -0.15) is 0 Å². The van der Waals surface area contributed by atoms with Crippen molar-refractivity contribution in [2.45, 2.75) is 12.6 Å². The van der Waals surface area contributed by atoms with E-state index in [2.05, 4.69) is 4.90 Å². The van der Waals surface area contributed by atoms with Crippen LogP contribution in [0.4, 0.5) is 5.69 Å². The van der Waals surface area contributed by atoms with Gasteiger partial charge in [0, 0.05) is 23.8 Å². The minimum atomic E-state index is -0.0208. The summed E-state index contributed by atoms with van der Waals surface area (Å²) in [5, 5.41) is 10.1. The van der Waals surface area contributed by atoms with Gasteiger partial charge in [0.15, 0.2) is 0 Å². The van der Waals surface area contributed by atoms with E-state index in [0.29, 0.717) is 24.8 Å². The zero-order valence-corrected chi connectivity index (χ0v) is 10.4. The molecule has 1 aliphatic heterocycles. The number of rotatable bonds is 3. The summed E-state index contributed by atoms with van der Waals surface area (Å²) < 4.78 is 5.36. The maximum atomic E-state index is 9.37. The van der Waals surface area contributed by atoms with Crippen molar-refractivity contribution in [1.29, 1.82) is 0 Å². The van der Waals surface area contributed by atoms with Gasteiger partial charge in [-0.3, -0.25) is 0 Å². The molecule has 1 heterocycles. The fourth-order valence-corrected chi connectivity index (χ4v) is 2.27. The molecule has 0 spiro atoms. The van der Waals surface area contributed by atoms with Crippen LogP contribution in [0, 0.1) is 0 Å². The van der Waals surface area contributed by atoms with Gasteiger partial charge in [-0.15, -0.1) is 0 Å². The van der Waals surface area contributed by atoms with E-state index in [9.17, 15) is 5.11 Å². The lowest BCUT2D eigenvalue weighted by molar-refractivity contribution is 0.0726. The Kier molecular flexibility index (Phi) is 4.23. The summed E-state index contributed by atoms with van der Waals surface area (Å²) in [6, 6.07) is 5.65. The van der Waals surface area contributed by atoms with E-state index < -0.39 is 0 Å². The van der Waals surface area contributed by atoms with Gasteiger partial charge in [-0.05, 0) is 17.7 Å². The second-order valence-corrected chi connectivity index (χ2v) is 4.52. The number of nitrogens with zero attached hydrogens (tertiary/aromatic N) is 1. The molecule has 0 radical (unpaired) electrons. The second kappa shape index (κ2) is 5.69. The van der Waals surface area contributed by atoms with Gasteiger partial charge in [-0.25, -0.2) is 0 Å². The molecule has 3 N–H and O–H groups in total. The Morgan fingerprint density at radius 3 is 3.06 bits per heavy atom. The van der Waals surface area contributed by atoms with E-state index in [1.807, 2.05) is 18.2 Å². The van der Waals surface area contributed by atoms with Crippen molar-refractivity contribution in [3.63, 3.8) is 0 Å². The van der Waals surface area contributed by atoms with Crippen LogP contribution in [0.3, 0.4) is 0 Å². The van der Waals surface area contributed by atoms with E-state index in [-0.39, 0.29) is 12.6 Å². The largest absolute Gasteiger partial charge is 0.394 e. The highest BCUT2D eigenvalue weighted by Gasteiger charge is 2.24. The van der Waals surface area contributed by atoms with Crippen LogP contribution in [0.1, 0.15) is 5.56 Å². The number of morpholine rings is 1. The first-order valence-electron chi connectivity index (χ1n) is 5.70. The Balaban J connectivity index is 2.33. The van der Waals surface area contributed by atoms with Crippen LogP contribution in [0.25, 0.3) is 0 Å². The molecule has 17 heavy (non-hydrogen) atoms. The Labute approximate surface area is 106 Å². The average Bonchev–Trinajstić information content (AvgIpc) is 2.38. The topological polar surface area (TPSA) is 58.7 Å². The van der Waals surface area contributed by atoms with Crippen LogP contribution < -0.4 is 10.6 Å². The average molecular weight is 257 g/mol. The molecule has 1 unspecified atom stereocenters. The Bertz CT molecular complexity index is 387. The molecule has 0 amide bonds. The molecule has 1 fully saturated rings. The summed E-state index contributed by atoms with van der Waals surface area (Å²) >= 11 is 6.02. The van der Waals surface area contributed by atoms with Crippen LogP contribution in [0.2, 0.25) is 5.02 Å². The second-order valence-electron chi connectivity index (χ2n) is 4.08. The number of benzene rings is 1. The predicted octanol–water partition coefficient (Wildman–Crippen LogP) is 0.996. The zero-order valence-electron chi connectivity index (χ0n) is 9.60. The molecule has 0 aromatic heterocycles. The highest BCUT2D eigenvalue weighted by Crippen LogP contribution is 2.27. The number of nitrogens with two attached hydrogens (primary N) is 1. The maximum Gasteiger partial charge on any atom is 0.0755 e. The van der Waals surface area contributed by atoms with Gasteiger partial charge < -0.3 is 20.5 Å². The van der Waals surface area contributed by atoms with Gasteiger partial charge in [0.2, 0.25) is 0 Å². The predicted molar refractivity (Wildman–Crippen MR) is 68.4 cm³/mol. The number of ether oxygens (including phenoxy) is 1. The quantitative estimate of drug-likeness (QED) is 0.847. The van der Waals surface area contributed by atoms with Gasteiger partial charge >= 0.3 is 0 Å². The van der Waals surface area contributed by atoms with Gasteiger partial charge in [-0.1, -0.05) is 17.7 Å². The number of halogens is 1. The van der Waals surface area contributed by atoms with E-state index in [4.69, 9.17) is 22.1 Å². The minimum Gasteiger partial charge on any atom is -0.394 e. The molecule has 1 aromatic carbocycles. The van der Waals surface area contributed by atoms with E-state index >= 15 is 0 Å². The normalized spacial score (nSPS) is 20.6. The molecular weight excluding hydrogens is 240 g/mol. The molecule has 0 aliphatic carbocycles. The van der Waals surface area contributed by atoms with Crippen LogP contribution in [-0.4, -0.2) is 37.5 Å². The molecule has 2 rings (SSSR count). The van der Waals surface area contributed by atoms with Crippen molar-refractivity contribution >= 4 is 17.3 Å². The molecule has 0 bridgehead atoms. The monoisotopic (exact) mass is 256 g/mol. The summed E-state index contributed by atoms with van der Waals surface area (Å²) in [5.74, 6) is 0. The smallest absolute Gasteiger partial charge is 0.0755 e. The lowest BCUT2D eigenvalue weighted by Crippen LogP contribution is -2.48. The summed E-state index contributed by atoms with van der Waals surface area (Å²) in [6.07, 6.45) is 0. The number of anilines is 1. The zero-order chi connectivity index (χ0) is 12.3. The van der Waals surface area contributed by atoms with Gasteiger partial charge in [0.25, 0.3) is 0 Å². The van der Waals surface area contributed by atoms with Crippen molar-refractivity contribution in [2.24, 2.45) is 5.73 Å². The van der Waals surface area contributed by atoms with Crippen LogP contribution in [-0.2, 0) is 11.3 Å². The molecule has 5 heteroatoms. The van der Waals surface area contributed by atoms with Crippen LogP contribution in [0.5, 0.6) is 0 Å². The van der Waals surface area contributed by atoms with Gasteiger partial charge in [0.1, 0.15) is 0 Å². The van der Waals surface area contributed by atoms with E-state index in [1.165, 1.54) is 0 Å². The Morgan fingerprint density at radius 2 is 2.35 bits per heavy atom. The number of hydrogen-bond donors (Lipinski definition) is 2. The maximum absolute atomic E-state index is 9.37. The molecule has 0 saturated carbocycles. The van der Waals surface area contributed by atoms with Crippen LogP contribution in [0.15, 0.2) is 18.2 Å². The third kappa shape index (κ3) is 2.72. The van der Waals surface area contributed by atoms with Crippen molar-refractivity contribution < 1.29 is 9.84 Å². The summed E-state index contributed by atoms with van der Waals surface area (Å²) in [5.41, 5.74) is 7.77. The molecule has 1 aliphatic rings. The minimum absolute atomic E-state index is 0.0208. The highest BCUT2D eigenvalue weighted by molar-refractivity contribution is 6.30. The highest BCUT2D eigenvalue weighted by atomic mass is 35.5. The van der Waals surface area contributed by atoms with E-state index in [1.54, 1.807) is 0 Å². The molecule has 1 saturated heterocycles.